The Morgan fingerprint density at radius 2 is 2.24 bits per heavy atom. The van der Waals surface area contributed by atoms with E-state index in [0.717, 1.165) is 26.2 Å². The summed E-state index contributed by atoms with van der Waals surface area (Å²) in [5.41, 5.74) is 6.19. The summed E-state index contributed by atoms with van der Waals surface area (Å²) in [6, 6.07) is 0. The normalized spacial score (nSPS) is 35.6. The van der Waals surface area contributed by atoms with E-state index in [-0.39, 0.29) is 5.54 Å². The quantitative estimate of drug-likeness (QED) is 0.779. The maximum Gasteiger partial charge on any atom is 0.0702 e. The fourth-order valence-corrected chi connectivity index (χ4v) is 3.15. The second kappa shape index (κ2) is 5.65. The van der Waals surface area contributed by atoms with Crippen LogP contribution in [0.15, 0.2) is 0 Å². The lowest BCUT2D eigenvalue weighted by molar-refractivity contribution is 0.0150. The molecular weight excluding hydrogens is 214 g/mol. The van der Waals surface area contributed by atoms with E-state index in [4.69, 9.17) is 10.5 Å². The predicted octanol–water partition coefficient (Wildman–Crippen LogP) is 0.520. The molecular formula is C13H27N3O. The lowest BCUT2D eigenvalue weighted by Crippen LogP contribution is -2.61. The largest absolute Gasteiger partial charge is 0.377 e. The molecule has 4 nitrogen and oxygen atoms in total. The van der Waals surface area contributed by atoms with Crippen LogP contribution in [0.4, 0.5) is 0 Å². The Labute approximate surface area is 105 Å². The van der Waals surface area contributed by atoms with Gasteiger partial charge in [-0.05, 0) is 46.3 Å². The second-order valence-corrected chi connectivity index (χ2v) is 5.80. The highest BCUT2D eigenvalue weighted by Gasteiger charge is 2.36. The summed E-state index contributed by atoms with van der Waals surface area (Å²) in [6.45, 7) is 5.09. The zero-order chi connectivity index (χ0) is 12.3. The first-order valence-corrected chi connectivity index (χ1v) is 6.88. The molecule has 100 valence electrons. The zero-order valence-electron chi connectivity index (χ0n) is 11.3. The van der Waals surface area contributed by atoms with Crippen molar-refractivity contribution in [1.82, 2.24) is 9.80 Å². The molecule has 2 atom stereocenters. The highest BCUT2D eigenvalue weighted by molar-refractivity contribution is 4.96. The molecule has 2 aliphatic rings. The van der Waals surface area contributed by atoms with Gasteiger partial charge in [0, 0.05) is 31.8 Å². The summed E-state index contributed by atoms with van der Waals surface area (Å²) in [5.74, 6) is 0. The molecule has 2 aliphatic heterocycles. The minimum absolute atomic E-state index is 0.177. The van der Waals surface area contributed by atoms with Gasteiger partial charge >= 0.3 is 0 Å². The average Bonchev–Trinajstić information content (AvgIpc) is 2.82. The van der Waals surface area contributed by atoms with Crippen molar-refractivity contribution in [1.29, 1.82) is 0 Å². The number of ether oxygens (including phenoxy) is 1. The van der Waals surface area contributed by atoms with Gasteiger partial charge in [-0.15, -0.1) is 0 Å². The Hall–Kier alpha value is -0.160. The zero-order valence-corrected chi connectivity index (χ0v) is 11.3. The molecule has 2 unspecified atom stereocenters. The molecule has 2 rings (SSSR count). The van der Waals surface area contributed by atoms with Gasteiger partial charge in [0.25, 0.3) is 0 Å². The molecule has 0 spiro atoms. The number of likely N-dealkylation sites (N-methyl/N-ethyl adjacent to an activating group) is 1. The Morgan fingerprint density at radius 3 is 2.82 bits per heavy atom. The van der Waals surface area contributed by atoms with Crippen LogP contribution in [-0.2, 0) is 4.74 Å². The summed E-state index contributed by atoms with van der Waals surface area (Å²) in [4.78, 5) is 4.86. The molecule has 0 bridgehead atoms. The van der Waals surface area contributed by atoms with Gasteiger partial charge in [-0.1, -0.05) is 0 Å². The van der Waals surface area contributed by atoms with Gasteiger partial charge in [0.05, 0.1) is 6.10 Å². The number of piperidine rings is 1. The molecule has 0 aromatic heterocycles. The SMILES string of the molecule is CN(C)C1(CN)CCCN(CC2CCCO2)C1. The first-order chi connectivity index (χ1) is 8.16. The van der Waals surface area contributed by atoms with E-state index in [1.807, 2.05) is 0 Å². The van der Waals surface area contributed by atoms with Gasteiger partial charge in [-0.2, -0.15) is 0 Å². The monoisotopic (exact) mass is 241 g/mol. The van der Waals surface area contributed by atoms with Crippen molar-refractivity contribution in [2.45, 2.75) is 37.3 Å². The van der Waals surface area contributed by atoms with E-state index in [2.05, 4.69) is 23.9 Å². The van der Waals surface area contributed by atoms with Crippen molar-refractivity contribution in [2.75, 3.05) is 46.9 Å². The molecule has 0 aromatic carbocycles. The van der Waals surface area contributed by atoms with E-state index >= 15 is 0 Å². The smallest absolute Gasteiger partial charge is 0.0702 e. The van der Waals surface area contributed by atoms with Crippen molar-refractivity contribution in [2.24, 2.45) is 5.73 Å². The average molecular weight is 241 g/mol. The lowest BCUT2D eigenvalue weighted by Gasteiger charge is -2.47. The predicted molar refractivity (Wildman–Crippen MR) is 70.1 cm³/mol. The van der Waals surface area contributed by atoms with Gasteiger partial charge in [-0.25, -0.2) is 0 Å². The fraction of sp³-hybridized carbons (Fsp3) is 1.00. The van der Waals surface area contributed by atoms with Gasteiger partial charge in [0.1, 0.15) is 0 Å². The molecule has 2 saturated heterocycles. The maximum atomic E-state index is 6.01. The van der Waals surface area contributed by atoms with Gasteiger partial charge < -0.3 is 15.4 Å². The first-order valence-electron chi connectivity index (χ1n) is 6.88. The Morgan fingerprint density at radius 1 is 1.41 bits per heavy atom. The van der Waals surface area contributed by atoms with E-state index < -0.39 is 0 Å². The van der Waals surface area contributed by atoms with Crippen molar-refractivity contribution in [3.8, 4) is 0 Å². The molecule has 0 saturated carbocycles. The molecule has 17 heavy (non-hydrogen) atoms. The summed E-state index contributed by atoms with van der Waals surface area (Å²) >= 11 is 0. The molecule has 2 N–H and O–H groups in total. The third-order valence-electron chi connectivity index (χ3n) is 4.45. The van der Waals surface area contributed by atoms with E-state index in [9.17, 15) is 0 Å². The van der Waals surface area contributed by atoms with Crippen molar-refractivity contribution in [3.63, 3.8) is 0 Å². The Kier molecular flexibility index (Phi) is 4.42. The van der Waals surface area contributed by atoms with Crippen molar-refractivity contribution < 1.29 is 4.74 Å². The number of likely N-dealkylation sites (tertiary alicyclic amines) is 1. The molecule has 4 heteroatoms. The first kappa shape index (κ1) is 13.3. The van der Waals surface area contributed by atoms with Crippen LogP contribution < -0.4 is 5.73 Å². The number of nitrogens with two attached hydrogens (primary N) is 1. The summed E-state index contributed by atoms with van der Waals surface area (Å²) < 4.78 is 5.73. The third-order valence-corrected chi connectivity index (χ3v) is 4.45. The van der Waals surface area contributed by atoms with E-state index in [1.54, 1.807) is 0 Å². The van der Waals surface area contributed by atoms with Gasteiger partial charge in [-0.3, -0.25) is 4.90 Å². The van der Waals surface area contributed by atoms with Crippen molar-refractivity contribution >= 4 is 0 Å². The summed E-state index contributed by atoms with van der Waals surface area (Å²) in [5, 5.41) is 0. The van der Waals surface area contributed by atoms with Crippen LogP contribution >= 0.6 is 0 Å². The lowest BCUT2D eigenvalue weighted by atomic mass is 9.87. The fourth-order valence-electron chi connectivity index (χ4n) is 3.15. The van der Waals surface area contributed by atoms with Crippen LogP contribution in [0.1, 0.15) is 25.7 Å². The van der Waals surface area contributed by atoms with E-state index in [0.29, 0.717) is 6.10 Å². The summed E-state index contributed by atoms with van der Waals surface area (Å²) in [6.07, 6.45) is 5.40. The number of nitrogens with zero attached hydrogens (tertiary/aromatic N) is 2. The highest BCUT2D eigenvalue weighted by atomic mass is 16.5. The van der Waals surface area contributed by atoms with Crippen LogP contribution in [0, 0.1) is 0 Å². The maximum absolute atomic E-state index is 6.01. The molecule has 2 fully saturated rings. The van der Waals surface area contributed by atoms with Crippen LogP contribution in [-0.4, -0.2) is 68.3 Å². The van der Waals surface area contributed by atoms with Crippen LogP contribution in [0.5, 0.6) is 0 Å². The van der Waals surface area contributed by atoms with Crippen LogP contribution in [0.3, 0.4) is 0 Å². The molecule has 2 heterocycles. The standard InChI is InChI=1S/C13H27N3O/c1-15(2)13(10-14)6-4-7-16(11-13)9-12-5-3-8-17-12/h12H,3-11,14H2,1-2H3. The van der Waals surface area contributed by atoms with Gasteiger partial charge in [0.2, 0.25) is 0 Å². The van der Waals surface area contributed by atoms with Crippen LogP contribution in [0.25, 0.3) is 0 Å². The number of hydrogen-bond acceptors (Lipinski definition) is 4. The molecule has 0 aliphatic carbocycles. The van der Waals surface area contributed by atoms with Crippen LogP contribution in [0.2, 0.25) is 0 Å². The highest BCUT2D eigenvalue weighted by Crippen LogP contribution is 2.26. The molecule has 0 aromatic rings. The summed E-state index contributed by atoms with van der Waals surface area (Å²) in [7, 11) is 4.31. The van der Waals surface area contributed by atoms with Gasteiger partial charge in [0.15, 0.2) is 0 Å². The van der Waals surface area contributed by atoms with E-state index in [1.165, 1.54) is 32.2 Å². The topological polar surface area (TPSA) is 41.7 Å². The molecule has 0 amide bonds. The Bertz CT molecular complexity index is 241. The minimum Gasteiger partial charge on any atom is -0.377 e. The third kappa shape index (κ3) is 2.99. The second-order valence-electron chi connectivity index (χ2n) is 5.80. The number of hydrogen-bond donors (Lipinski definition) is 1. The number of rotatable bonds is 4. The Balaban J connectivity index is 1.91. The molecule has 0 radical (unpaired) electrons. The minimum atomic E-state index is 0.177. The van der Waals surface area contributed by atoms with Crippen molar-refractivity contribution in [3.05, 3.63) is 0 Å².